The van der Waals surface area contributed by atoms with Gasteiger partial charge in [0, 0.05) is 26.7 Å². The first-order valence-electron chi connectivity index (χ1n) is 9.81. The normalized spacial score (nSPS) is 17.7. The van der Waals surface area contributed by atoms with E-state index in [0.717, 1.165) is 24.1 Å². The van der Waals surface area contributed by atoms with Gasteiger partial charge < -0.3 is 19.8 Å². The van der Waals surface area contributed by atoms with E-state index in [1.54, 1.807) is 42.3 Å². The smallest absolute Gasteiger partial charge is 0.227 e. The van der Waals surface area contributed by atoms with Crippen molar-refractivity contribution >= 4 is 29.1 Å². The quantitative estimate of drug-likeness (QED) is 0.601. The monoisotopic (exact) mass is 452 g/mol. The van der Waals surface area contributed by atoms with Crippen LogP contribution < -0.4 is 4.74 Å². The topological polar surface area (TPSA) is 73.2 Å². The lowest BCUT2D eigenvalue weighted by molar-refractivity contribution is -0.131. The molecular formula is C22H26Cl2N2O4. The van der Waals surface area contributed by atoms with Crippen LogP contribution in [0.2, 0.25) is 10.0 Å². The third-order valence-corrected chi connectivity index (χ3v) is 6.11. The summed E-state index contributed by atoms with van der Waals surface area (Å²) in [6.45, 7) is 1.60. The number of aliphatic hydroxyl groups excluding tert-OH is 2. The van der Waals surface area contributed by atoms with Crippen LogP contribution in [-0.4, -0.2) is 65.5 Å². The molecule has 1 aliphatic heterocycles. The Kier molecular flexibility index (Phi) is 7.97. The maximum Gasteiger partial charge on any atom is 0.227 e. The van der Waals surface area contributed by atoms with Crippen LogP contribution in [0, 0.1) is 0 Å². The van der Waals surface area contributed by atoms with Crippen molar-refractivity contribution in [3.05, 3.63) is 63.6 Å². The van der Waals surface area contributed by atoms with Gasteiger partial charge in [0.2, 0.25) is 5.91 Å². The van der Waals surface area contributed by atoms with Gasteiger partial charge in [-0.05, 0) is 41.8 Å². The Bertz CT molecular complexity index is 863. The minimum absolute atomic E-state index is 0.0474. The lowest BCUT2D eigenvalue weighted by atomic mass is 10.0. The van der Waals surface area contributed by atoms with Crippen molar-refractivity contribution < 1.29 is 19.7 Å². The Morgan fingerprint density at radius 3 is 2.57 bits per heavy atom. The lowest BCUT2D eigenvalue weighted by Crippen LogP contribution is -2.39. The lowest BCUT2D eigenvalue weighted by Gasteiger charge is -2.32. The molecule has 2 N–H and O–H groups in total. The molecule has 30 heavy (non-hydrogen) atoms. The molecule has 0 bridgehead atoms. The molecule has 162 valence electrons. The standard InChI is InChI=1S/C22H26Cl2N2O4/c1-25(22(29)11-15-2-7-19(23)20(24)10-15)21(13-26-9-8-17(28)12-26)16-3-5-18(6-4-16)30-14-27/h2-7,10,17,21,27-28H,8-9,11-14H2,1H3. The first-order valence-corrected chi connectivity index (χ1v) is 10.6. The summed E-state index contributed by atoms with van der Waals surface area (Å²) in [6, 6.07) is 12.3. The Labute approximate surface area is 186 Å². The first-order chi connectivity index (χ1) is 14.4. The van der Waals surface area contributed by atoms with Crippen molar-refractivity contribution in [1.82, 2.24) is 9.80 Å². The highest BCUT2D eigenvalue weighted by atomic mass is 35.5. The number of β-amino-alcohol motifs (C(OH)–C–C–N with tert-alkyl or cyclic N) is 1. The van der Waals surface area contributed by atoms with Crippen LogP contribution in [0.15, 0.2) is 42.5 Å². The molecule has 0 aromatic heterocycles. The van der Waals surface area contributed by atoms with E-state index in [9.17, 15) is 9.90 Å². The molecule has 2 aromatic carbocycles. The number of halogens is 2. The zero-order valence-electron chi connectivity index (χ0n) is 16.8. The molecular weight excluding hydrogens is 427 g/mol. The highest BCUT2D eigenvalue weighted by molar-refractivity contribution is 6.42. The number of rotatable bonds is 8. The average molecular weight is 453 g/mol. The first kappa shape index (κ1) is 22.8. The molecule has 2 unspecified atom stereocenters. The van der Waals surface area contributed by atoms with Gasteiger partial charge in [0.25, 0.3) is 0 Å². The number of nitrogens with zero attached hydrogens (tertiary/aromatic N) is 2. The highest BCUT2D eigenvalue weighted by Gasteiger charge is 2.28. The van der Waals surface area contributed by atoms with Crippen molar-refractivity contribution in [2.75, 3.05) is 33.5 Å². The van der Waals surface area contributed by atoms with Crippen molar-refractivity contribution in [2.24, 2.45) is 0 Å². The van der Waals surface area contributed by atoms with E-state index in [4.69, 9.17) is 33.0 Å². The summed E-state index contributed by atoms with van der Waals surface area (Å²) >= 11 is 12.1. The number of likely N-dealkylation sites (N-methyl/N-ethyl adjacent to an activating group) is 1. The Balaban J connectivity index is 1.78. The fourth-order valence-corrected chi connectivity index (χ4v) is 3.98. The number of carbonyl (C=O) groups excluding carboxylic acids is 1. The fraction of sp³-hybridized carbons (Fsp3) is 0.409. The zero-order chi connectivity index (χ0) is 21.7. The van der Waals surface area contributed by atoms with Crippen LogP contribution in [0.3, 0.4) is 0 Å². The summed E-state index contributed by atoms with van der Waals surface area (Å²) < 4.78 is 5.10. The van der Waals surface area contributed by atoms with Gasteiger partial charge in [-0.2, -0.15) is 0 Å². The van der Waals surface area contributed by atoms with Crippen LogP contribution in [0.5, 0.6) is 5.75 Å². The predicted molar refractivity (Wildman–Crippen MR) is 117 cm³/mol. The van der Waals surface area contributed by atoms with E-state index in [2.05, 4.69) is 4.90 Å². The van der Waals surface area contributed by atoms with Gasteiger partial charge in [0.1, 0.15) is 5.75 Å². The molecule has 1 fully saturated rings. The maximum absolute atomic E-state index is 13.1. The fourth-order valence-electron chi connectivity index (χ4n) is 3.66. The molecule has 1 amide bonds. The number of benzene rings is 2. The Hall–Kier alpha value is -1.83. The van der Waals surface area contributed by atoms with Gasteiger partial charge in [0.15, 0.2) is 6.79 Å². The zero-order valence-corrected chi connectivity index (χ0v) is 18.3. The molecule has 0 radical (unpaired) electrons. The minimum atomic E-state index is -0.392. The number of ether oxygens (including phenoxy) is 1. The maximum atomic E-state index is 13.1. The molecule has 2 aromatic rings. The third kappa shape index (κ3) is 5.86. The van der Waals surface area contributed by atoms with E-state index in [1.165, 1.54) is 0 Å². The summed E-state index contributed by atoms with van der Waals surface area (Å²) in [5.41, 5.74) is 1.75. The largest absolute Gasteiger partial charge is 0.468 e. The van der Waals surface area contributed by atoms with Crippen molar-refractivity contribution in [3.8, 4) is 5.75 Å². The van der Waals surface area contributed by atoms with Crippen LogP contribution in [0.25, 0.3) is 0 Å². The van der Waals surface area contributed by atoms with Crippen LogP contribution >= 0.6 is 23.2 Å². The highest BCUT2D eigenvalue weighted by Crippen LogP contribution is 2.27. The summed E-state index contributed by atoms with van der Waals surface area (Å²) in [5.74, 6) is 0.509. The van der Waals surface area contributed by atoms with E-state index < -0.39 is 6.79 Å². The van der Waals surface area contributed by atoms with E-state index >= 15 is 0 Å². The number of hydrogen-bond acceptors (Lipinski definition) is 5. The van der Waals surface area contributed by atoms with Gasteiger partial charge >= 0.3 is 0 Å². The number of carbonyl (C=O) groups is 1. The Morgan fingerprint density at radius 2 is 1.97 bits per heavy atom. The molecule has 2 atom stereocenters. The number of likely N-dealkylation sites (tertiary alicyclic amines) is 1. The van der Waals surface area contributed by atoms with Crippen LogP contribution in [0.4, 0.5) is 0 Å². The second-order valence-corrected chi connectivity index (χ2v) is 8.30. The molecule has 0 spiro atoms. The molecule has 1 heterocycles. The van der Waals surface area contributed by atoms with Gasteiger partial charge in [0.05, 0.1) is 28.6 Å². The second-order valence-electron chi connectivity index (χ2n) is 7.49. The number of hydrogen-bond donors (Lipinski definition) is 2. The molecule has 1 saturated heterocycles. The van der Waals surface area contributed by atoms with Crippen molar-refractivity contribution in [1.29, 1.82) is 0 Å². The van der Waals surface area contributed by atoms with Gasteiger partial charge in [-0.1, -0.05) is 41.4 Å². The minimum Gasteiger partial charge on any atom is -0.468 e. The van der Waals surface area contributed by atoms with E-state index in [0.29, 0.717) is 28.9 Å². The molecule has 8 heteroatoms. The molecule has 3 rings (SSSR count). The molecule has 0 aliphatic carbocycles. The van der Waals surface area contributed by atoms with Gasteiger partial charge in [-0.3, -0.25) is 9.69 Å². The molecule has 6 nitrogen and oxygen atoms in total. The Morgan fingerprint density at radius 1 is 1.23 bits per heavy atom. The summed E-state index contributed by atoms with van der Waals surface area (Å²) in [4.78, 5) is 16.9. The SMILES string of the molecule is CN(C(=O)Cc1ccc(Cl)c(Cl)c1)C(CN1CCC(O)C1)c1ccc(OCO)cc1. The van der Waals surface area contributed by atoms with E-state index in [-0.39, 0.29) is 24.5 Å². The number of aliphatic hydroxyl groups is 2. The second kappa shape index (κ2) is 10.5. The van der Waals surface area contributed by atoms with E-state index in [1.807, 2.05) is 12.1 Å². The summed E-state index contributed by atoms with van der Waals surface area (Å²) in [5, 5.41) is 19.7. The predicted octanol–water partition coefficient (Wildman–Crippen LogP) is 3.13. The third-order valence-electron chi connectivity index (χ3n) is 5.37. The molecule has 0 saturated carbocycles. The van der Waals surface area contributed by atoms with Crippen molar-refractivity contribution in [3.63, 3.8) is 0 Å². The van der Waals surface area contributed by atoms with Crippen LogP contribution in [0.1, 0.15) is 23.6 Å². The average Bonchev–Trinajstić information content (AvgIpc) is 3.14. The van der Waals surface area contributed by atoms with Gasteiger partial charge in [-0.25, -0.2) is 0 Å². The van der Waals surface area contributed by atoms with Crippen LogP contribution in [-0.2, 0) is 11.2 Å². The van der Waals surface area contributed by atoms with Crippen molar-refractivity contribution in [2.45, 2.75) is 25.0 Å². The van der Waals surface area contributed by atoms with Gasteiger partial charge in [-0.15, -0.1) is 0 Å². The summed E-state index contributed by atoms with van der Waals surface area (Å²) in [7, 11) is 1.79. The summed E-state index contributed by atoms with van der Waals surface area (Å²) in [6.07, 6.45) is 0.609. The molecule has 1 aliphatic rings. The number of amides is 1.